The van der Waals surface area contributed by atoms with E-state index in [9.17, 15) is 0 Å². The topological polar surface area (TPSA) is 80.7 Å². The van der Waals surface area contributed by atoms with Crippen LogP contribution in [-0.4, -0.2) is 35.5 Å². The summed E-state index contributed by atoms with van der Waals surface area (Å²) in [4.78, 5) is 4.20. The smallest absolute Gasteiger partial charge is 0.172 e. The largest absolute Gasteiger partial charge is 0.409 e. The highest BCUT2D eigenvalue weighted by atomic mass is 32.2. The maximum absolute atomic E-state index is 8.63. The van der Waals surface area contributed by atoms with Gasteiger partial charge in [-0.2, -0.15) is 0 Å². The van der Waals surface area contributed by atoms with Gasteiger partial charge in [-0.05, 0) is 18.6 Å². The monoisotopic (exact) mass is 241 g/mol. The third-order valence-corrected chi connectivity index (χ3v) is 2.98. The molecule has 1 aromatic heterocycles. The Morgan fingerprint density at radius 1 is 1.69 bits per heavy atom. The van der Waals surface area contributed by atoms with E-state index >= 15 is 0 Å². The molecule has 6 heteroatoms. The van der Waals surface area contributed by atoms with Gasteiger partial charge in [-0.1, -0.05) is 5.16 Å². The van der Waals surface area contributed by atoms with Crippen LogP contribution in [0.4, 0.5) is 0 Å². The minimum atomic E-state index is 0.0855. The summed E-state index contributed by atoms with van der Waals surface area (Å²) in [5.74, 6) is 0.971. The minimum absolute atomic E-state index is 0.0855. The Bertz CT molecular complexity index is 358. The summed E-state index contributed by atoms with van der Waals surface area (Å²) in [6.45, 7) is 0.721. The second-order valence-electron chi connectivity index (χ2n) is 3.04. The van der Waals surface area contributed by atoms with Crippen molar-refractivity contribution in [1.29, 1.82) is 0 Å². The first-order chi connectivity index (χ1) is 7.79. The number of hydrogen-bond donors (Lipinski definition) is 2. The van der Waals surface area contributed by atoms with Crippen LogP contribution in [0.15, 0.2) is 28.5 Å². The zero-order valence-electron chi connectivity index (χ0n) is 9.09. The van der Waals surface area contributed by atoms with Gasteiger partial charge in [0.15, 0.2) is 5.84 Å². The first-order valence-corrected chi connectivity index (χ1v) is 5.82. The van der Waals surface area contributed by atoms with Gasteiger partial charge in [-0.15, -0.1) is 11.8 Å². The summed E-state index contributed by atoms with van der Waals surface area (Å²) in [6.07, 6.45) is 2.63. The lowest BCUT2D eigenvalue weighted by Crippen LogP contribution is -2.14. The van der Waals surface area contributed by atoms with Crippen LogP contribution >= 0.6 is 11.8 Å². The molecule has 0 spiro atoms. The summed E-state index contributed by atoms with van der Waals surface area (Å²) < 4.78 is 4.96. The molecule has 0 radical (unpaired) electrons. The van der Waals surface area contributed by atoms with Crippen LogP contribution in [0, 0.1) is 0 Å². The van der Waals surface area contributed by atoms with E-state index in [0.717, 1.165) is 23.8 Å². The molecule has 0 aromatic carbocycles. The van der Waals surface area contributed by atoms with Crippen molar-refractivity contribution >= 4 is 17.6 Å². The number of nitrogens with zero attached hydrogens (tertiary/aromatic N) is 2. The number of nitrogens with two attached hydrogens (primary N) is 1. The molecular weight excluding hydrogens is 226 g/mol. The van der Waals surface area contributed by atoms with Crippen molar-refractivity contribution in [3.8, 4) is 0 Å². The molecule has 1 heterocycles. The molecule has 1 aromatic rings. The van der Waals surface area contributed by atoms with Crippen molar-refractivity contribution in [1.82, 2.24) is 4.98 Å². The van der Waals surface area contributed by atoms with Gasteiger partial charge in [0.2, 0.25) is 0 Å². The van der Waals surface area contributed by atoms with E-state index in [4.69, 9.17) is 15.7 Å². The zero-order chi connectivity index (χ0) is 11.8. The van der Waals surface area contributed by atoms with Crippen molar-refractivity contribution in [2.24, 2.45) is 10.9 Å². The summed E-state index contributed by atoms with van der Waals surface area (Å²) in [6, 6.07) is 3.54. The Kier molecular flexibility index (Phi) is 5.66. The van der Waals surface area contributed by atoms with Crippen molar-refractivity contribution in [3.63, 3.8) is 0 Å². The lowest BCUT2D eigenvalue weighted by atomic mass is 10.3. The number of rotatable bonds is 6. The van der Waals surface area contributed by atoms with Crippen molar-refractivity contribution in [3.05, 3.63) is 23.9 Å². The average Bonchev–Trinajstić information content (AvgIpc) is 2.34. The molecule has 0 fully saturated rings. The molecule has 1 rings (SSSR count). The predicted molar refractivity (Wildman–Crippen MR) is 64.0 cm³/mol. The maximum atomic E-state index is 8.63. The van der Waals surface area contributed by atoms with E-state index in [0.29, 0.717) is 5.56 Å². The first-order valence-electron chi connectivity index (χ1n) is 4.84. The fraction of sp³-hybridized carbons (Fsp3) is 0.400. The highest BCUT2D eigenvalue weighted by Crippen LogP contribution is 2.20. The molecule has 0 atom stereocenters. The van der Waals surface area contributed by atoms with Gasteiger partial charge in [0.1, 0.15) is 5.03 Å². The third-order valence-electron chi connectivity index (χ3n) is 1.89. The summed E-state index contributed by atoms with van der Waals surface area (Å²) >= 11 is 1.57. The summed E-state index contributed by atoms with van der Waals surface area (Å²) in [5.41, 5.74) is 6.21. The van der Waals surface area contributed by atoms with Gasteiger partial charge in [0, 0.05) is 25.7 Å². The van der Waals surface area contributed by atoms with E-state index in [1.54, 1.807) is 37.2 Å². The Balaban J connectivity index is 2.64. The van der Waals surface area contributed by atoms with E-state index in [2.05, 4.69) is 10.1 Å². The molecule has 0 amide bonds. The summed E-state index contributed by atoms with van der Waals surface area (Å²) in [5, 5.41) is 12.4. The number of methoxy groups -OCH3 is 1. The van der Waals surface area contributed by atoms with E-state index < -0.39 is 0 Å². The number of pyridine rings is 1. The van der Waals surface area contributed by atoms with Crippen LogP contribution in [0.2, 0.25) is 0 Å². The Morgan fingerprint density at radius 2 is 2.50 bits per heavy atom. The molecule has 0 saturated heterocycles. The van der Waals surface area contributed by atoms with E-state index in [-0.39, 0.29) is 5.84 Å². The number of hydrogen-bond acceptors (Lipinski definition) is 5. The van der Waals surface area contributed by atoms with Crippen molar-refractivity contribution in [2.45, 2.75) is 11.4 Å². The fourth-order valence-electron chi connectivity index (χ4n) is 1.13. The van der Waals surface area contributed by atoms with Crippen LogP contribution in [0.5, 0.6) is 0 Å². The molecule has 3 N–H and O–H groups in total. The number of thioether (sulfide) groups is 1. The molecule has 0 aliphatic heterocycles. The van der Waals surface area contributed by atoms with Crippen LogP contribution in [-0.2, 0) is 4.74 Å². The molecule has 0 bridgehead atoms. The molecule has 0 aliphatic carbocycles. The van der Waals surface area contributed by atoms with Crippen LogP contribution in [0.1, 0.15) is 12.0 Å². The fourth-order valence-corrected chi connectivity index (χ4v) is 2.05. The number of amidine groups is 1. The van der Waals surface area contributed by atoms with Crippen LogP contribution in [0.3, 0.4) is 0 Å². The maximum Gasteiger partial charge on any atom is 0.172 e. The van der Waals surface area contributed by atoms with Gasteiger partial charge in [-0.3, -0.25) is 0 Å². The molecule has 0 saturated carbocycles. The third kappa shape index (κ3) is 3.71. The normalized spacial score (nSPS) is 11.7. The van der Waals surface area contributed by atoms with Gasteiger partial charge in [0.25, 0.3) is 0 Å². The number of aromatic nitrogens is 1. The molecule has 5 nitrogen and oxygen atoms in total. The Labute approximate surface area is 98.7 Å². The molecule has 16 heavy (non-hydrogen) atoms. The lowest BCUT2D eigenvalue weighted by molar-refractivity contribution is 0.200. The Morgan fingerprint density at radius 3 is 3.19 bits per heavy atom. The van der Waals surface area contributed by atoms with Gasteiger partial charge < -0.3 is 15.7 Å². The predicted octanol–water partition coefficient (Wildman–Crippen LogP) is 1.30. The highest BCUT2D eigenvalue weighted by molar-refractivity contribution is 7.99. The number of ether oxygens (including phenoxy) is 1. The van der Waals surface area contributed by atoms with Gasteiger partial charge >= 0.3 is 0 Å². The first kappa shape index (κ1) is 12.8. The second-order valence-corrected chi connectivity index (χ2v) is 4.12. The molecule has 0 aliphatic rings. The highest BCUT2D eigenvalue weighted by Gasteiger charge is 2.07. The van der Waals surface area contributed by atoms with E-state index in [1.165, 1.54) is 0 Å². The van der Waals surface area contributed by atoms with Gasteiger partial charge in [0.05, 0.1) is 5.56 Å². The lowest BCUT2D eigenvalue weighted by Gasteiger charge is -2.05. The van der Waals surface area contributed by atoms with Crippen LogP contribution < -0.4 is 5.73 Å². The number of oxime groups is 1. The second kappa shape index (κ2) is 7.08. The minimum Gasteiger partial charge on any atom is -0.409 e. The van der Waals surface area contributed by atoms with Crippen molar-refractivity contribution in [2.75, 3.05) is 19.5 Å². The average molecular weight is 241 g/mol. The van der Waals surface area contributed by atoms with Crippen LogP contribution in [0.25, 0.3) is 0 Å². The SMILES string of the molecule is COCCCSc1ncccc1C(N)=NO. The standard InChI is InChI=1S/C10H15N3O2S/c1-15-6-3-7-16-10-8(9(11)13-14)4-2-5-12-10/h2,4-5,14H,3,6-7H2,1H3,(H2,11,13). The summed E-state index contributed by atoms with van der Waals surface area (Å²) in [7, 11) is 1.67. The molecular formula is C10H15N3O2S. The molecule has 0 unspecified atom stereocenters. The van der Waals surface area contributed by atoms with Gasteiger partial charge in [-0.25, -0.2) is 4.98 Å². The van der Waals surface area contributed by atoms with E-state index in [1.807, 2.05) is 0 Å². The quantitative estimate of drug-likeness (QED) is 0.196. The van der Waals surface area contributed by atoms with Crippen molar-refractivity contribution < 1.29 is 9.94 Å². The zero-order valence-corrected chi connectivity index (χ0v) is 9.91. The Hall–Kier alpha value is -1.27. The molecule has 88 valence electrons.